The molecule has 2 aliphatic heterocycles. The van der Waals surface area contributed by atoms with Gasteiger partial charge in [0, 0.05) is 11.5 Å². The predicted octanol–water partition coefficient (Wildman–Crippen LogP) is 6.36. The lowest BCUT2D eigenvalue weighted by atomic mass is 9.86. The van der Waals surface area contributed by atoms with E-state index in [0.29, 0.717) is 12.1 Å². The fourth-order valence-electron chi connectivity index (χ4n) is 4.17. The average Bonchev–Trinajstić information content (AvgIpc) is 3.23. The van der Waals surface area contributed by atoms with Crippen LogP contribution in [0.1, 0.15) is 36.1 Å². The molecule has 0 spiro atoms. The molecule has 0 aliphatic carbocycles. The fourth-order valence-corrected chi connectivity index (χ4v) is 4.39. The van der Waals surface area contributed by atoms with Crippen LogP contribution in [0.2, 0.25) is 5.02 Å². The van der Waals surface area contributed by atoms with Gasteiger partial charge in [-0.1, -0.05) is 55.8 Å². The Morgan fingerprint density at radius 2 is 1.61 bits per heavy atom. The first kappa shape index (κ1) is 26.3. The number of hydroxylamine groups is 1. The minimum atomic E-state index is -5.14. The molecule has 1 N–H and O–H groups in total. The summed E-state index contributed by atoms with van der Waals surface area (Å²) < 4.78 is 97.4. The van der Waals surface area contributed by atoms with Crippen molar-refractivity contribution in [3.8, 4) is 0 Å². The fraction of sp³-hybridized carbons (Fsp3) is 0.375. The Labute approximate surface area is 206 Å². The van der Waals surface area contributed by atoms with E-state index in [9.17, 15) is 31.1 Å². The number of likely N-dealkylation sites (tertiary alicyclic amines) is 1. The van der Waals surface area contributed by atoms with Crippen molar-refractivity contribution >= 4 is 23.2 Å². The number of carbonyl (C=O) groups excluding carboxylic acids is 1. The summed E-state index contributed by atoms with van der Waals surface area (Å²) in [6.07, 6.45) is -9.49. The predicted molar refractivity (Wildman–Crippen MR) is 117 cm³/mol. The quantitative estimate of drug-likeness (QED) is 0.463. The molecule has 2 aliphatic rings. The summed E-state index contributed by atoms with van der Waals surface area (Å²) in [6.45, 7) is 3.13. The normalized spacial score (nSPS) is 21.8. The highest BCUT2D eigenvalue weighted by Crippen LogP contribution is 2.49. The van der Waals surface area contributed by atoms with Crippen molar-refractivity contribution in [2.75, 3.05) is 13.1 Å². The highest BCUT2D eigenvalue weighted by molar-refractivity contribution is 6.31. The molecule has 1 amide bonds. The molecule has 0 saturated carbocycles. The molecule has 4 nitrogen and oxygen atoms in total. The minimum Gasteiger partial charge on any atom is -0.335 e. The molecule has 0 aromatic heterocycles. The molecular weight excluding hydrogens is 517 g/mol. The number of nitrogens with one attached hydrogen (secondary N) is 1. The number of benzene rings is 2. The number of alkyl halides is 7. The molecule has 1 saturated heterocycles. The third kappa shape index (κ3) is 4.43. The zero-order valence-electron chi connectivity index (χ0n) is 18.9. The first-order valence-corrected chi connectivity index (χ1v) is 11.1. The first-order valence-electron chi connectivity index (χ1n) is 10.8. The number of amides is 1. The summed E-state index contributed by atoms with van der Waals surface area (Å²) >= 11 is 5.56. The zero-order chi connectivity index (χ0) is 26.7. The molecule has 0 bridgehead atoms. The van der Waals surface area contributed by atoms with Crippen molar-refractivity contribution in [1.29, 1.82) is 0 Å². The van der Waals surface area contributed by atoms with Gasteiger partial charge >= 0.3 is 12.4 Å². The third-order valence-corrected chi connectivity index (χ3v) is 6.52. The first-order chi connectivity index (χ1) is 16.6. The van der Waals surface area contributed by atoms with Crippen molar-refractivity contribution in [2.24, 2.45) is 5.92 Å². The number of nitrogens with zero attached hydrogens (tertiary/aromatic N) is 1. The Morgan fingerprint density at radius 1 is 1.03 bits per heavy atom. The lowest BCUT2D eigenvalue weighted by Gasteiger charge is -2.45. The summed E-state index contributed by atoms with van der Waals surface area (Å²) in [4.78, 5) is 18.2. The second-order valence-electron chi connectivity index (χ2n) is 9.08. The Bertz CT molecular complexity index is 1200. The molecule has 4 rings (SSSR count). The number of halogens is 8. The second-order valence-corrected chi connectivity index (χ2v) is 9.49. The Kier molecular flexibility index (Phi) is 6.32. The summed E-state index contributed by atoms with van der Waals surface area (Å²) in [5.74, 6) is -0.462. The van der Waals surface area contributed by atoms with Crippen LogP contribution in [0.4, 0.5) is 30.7 Å². The van der Waals surface area contributed by atoms with E-state index < -0.39 is 39.8 Å². The van der Waals surface area contributed by atoms with Crippen LogP contribution in [0.25, 0.3) is 5.70 Å². The Hall–Kier alpha value is -2.79. The Morgan fingerprint density at radius 3 is 2.14 bits per heavy atom. The maximum Gasteiger partial charge on any atom is 0.428 e. The molecule has 12 heteroatoms. The topological polar surface area (TPSA) is 41.6 Å². The monoisotopic (exact) mass is 536 g/mol. The van der Waals surface area contributed by atoms with Crippen LogP contribution in [-0.2, 0) is 27.1 Å². The van der Waals surface area contributed by atoms with Gasteiger partial charge < -0.3 is 4.90 Å². The third-order valence-electron chi connectivity index (χ3n) is 6.19. The summed E-state index contributed by atoms with van der Waals surface area (Å²) in [5.41, 5.74) is -4.86. The maximum atomic E-state index is 15.2. The van der Waals surface area contributed by atoms with Crippen LogP contribution >= 0.6 is 11.6 Å². The van der Waals surface area contributed by atoms with Crippen molar-refractivity contribution in [3.63, 3.8) is 0 Å². The van der Waals surface area contributed by atoms with Gasteiger partial charge in [-0.05, 0) is 29.3 Å². The zero-order valence-corrected chi connectivity index (χ0v) is 19.7. The van der Waals surface area contributed by atoms with Gasteiger partial charge in [-0.25, -0.2) is 4.39 Å². The SMILES string of the molecule is CC(C)C(=O)N1CC(F)(c2ccc(C3=CC(c4ccc(Cl)c(C(F)(F)F)c4)(C(F)(F)F)ON3)cc2)C1. The van der Waals surface area contributed by atoms with Gasteiger partial charge in [-0.15, -0.1) is 0 Å². The molecule has 1 atom stereocenters. The van der Waals surface area contributed by atoms with Gasteiger partial charge in [0.05, 0.1) is 29.4 Å². The molecule has 0 radical (unpaired) electrons. The molecule has 36 heavy (non-hydrogen) atoms. The van der Waals surface area contributed by atoms with E-state index in [-0.39, 0.29) is 41.7 Å². The van der Waals surface area contributed by atoms with Crippen molar-refractivity contribution in [1.82, 2.24) is 10.4 Å². The number of carbonyl (C=O) groups is 1. The molecule has 194 valence electrons. The molecule has 2 aromatic rings. The largest absolute Gasteiger partial charge is 0.428 e. The number of rotatable bonds is 4. The van der Waals surface area contributed by atoms with Gasteiger partial charge in [0.1, 0.15) is 0 Å². The van der Waals surface area contributed by atoms with E-state index >= 15 is 4.39 Å². The minimum absolute atomic E-state index is 0.136. The van der Waals surface area contributed by atoms with Crippen molar-refractivity contribution in [2.45, 2.75) is 37.5 Å². The van der Waals surface area contributed by atoms with E-state index in [4.69, 9.17) is 16.4 Å². The van der Waals surface area contributed by atoms with Crippen LogP contribution in [0.3, 0.4) is 0 Å². The standard InChI is InChI=1S/C24H20ClF7N2O2/c1-13(2)20(35)34-11-21(26,12-34)15-5-3-14(4-6-15)19-10-22(36-33-19,24(30,31)32)16-7-8-18(25)17(9-16)23(27,28)29/h3-10,13,33H,11-12H2,1-2H3. The van der Waals surface area contributed by atoms with Crippen LogP contribution in [0, 0.1) is 5.92 Å². The lowest BCUT2D eigenvalue weighted by molar-refractivity contribution is -0.269. The molecule has 1 fully saturated rings. The highest BCUT2D eigenvalue weighted by atomic mass is 35.5. The Balaban J connectivity index is 1.64. The van der Waals surface area contributed by atoms with Gasteiger partial charge in [-0.2, -0.15) is 26.3 Å². The summed E-state index contributed by atoms with van der Waals surface area (Å²) in [6, 6.07) is 7.32. The second kappa shape index (κ2) is 8.65. The summed E-state index contributed by atoms with van der Waals surface area (Å²) in [5, 5.41) is -0.751. The number of hydrogen-bond donors (Lipinski definition) is 1. The molecule has 2 aromatic carbocycles. The number of hydrogen-bond acceptors (Lipinski definition) is 3. The van der Waals surface area contributed by atoms with Crippen molar-refractivity contribution in [3.05, 3.63) is 75.8 Å². The molecule has 1 unspecified atom stereocenters. The van der Waals surface area contributed by atoms with Crippen LogP contribution in [0.15, 0.2) is 48.5 Å². The maximum absolute atomic E-state index is 15.2. The van der Waals surface area contributed by atoms with Gasteiger partial charge in [0.15, 0.2) is 5.67 Å². The van der Waals surface area contributed by atoms with Crippen LogP contribution in [0.5, 0.6) is 0 Å². The van der Waals surface area contributed by atoms with Crippen LogP contribution in [-0.4, -0.2) is 30.1 Å². The van der Waals surface area contributed by atoms with Crippen molar-refractivity contribution < 1.29 is 40.4 Å². The average molecular weight is 537 g/mol. The van der Waals surface area contributed by atoms with E-state index in [2.05, 4.69) is 5.48 Å². The van der Waals surface area contributed by atoms with Gasteiger partial charge in [0.2, 0.25) is 11.5 Å². The van der Waals surface area contributed by atoms with E-state index in [0.717, 1.165) is 12.1 Å². The molecular formula is C24H20ClF7N2O2. The van der Waals surface area contributed by atoms with E-state index in [1.54, 1.807) is 13.8 Å². The van der Waals surface area contributed by atoms with E-state index in [1.165, 1.54) is 29.2 Å². The lowest BCUT2D eigenvalue weighted by Crippen LogP contribution is -2.59. The van der Waals surface area contributed by atoms with Gasteiger partial charge in [-0.3, -0.25) is 15.1 Å². The smallest absolute Gasteiger partial charge is 0.335 e. The van der Waals surface area contributed by atoms with E-state index in [1.807, 2.05) is 0 Å². The summed E-state index contributed by atoms with van der Waals surface area (Å²) in [7, 11) is 0. The van der Waals surface area contributed by atoms with Gasteiger partial charge in [0.25, 0.3) is 0 Å². The highest BCUT2D eigenvalue weighted by Gasteiger charge is 2.60. The molecule has 2 heterocycles. The van der Waals surface area contributed by atoms with Crippen LogP contribution < -0.4 is 5.48 Å².